The molecule has 1 aromatic rings. The third-order valence-corrected chi connectivity index (χ3v) is 4.83. The second kappa shape index (κ2) is 6.96. The largest absolute Gasteiger partial charge is 0.384 e. The van der Waals surface area contributed by atoms with E-state index >= 15 is 0 Å². The van der Waals surface area contributed by atoms with Crippen LogP contribution in [0.3, 0.4) is 0 Å². The van der Waals surface area contributed by atoms with E-state index in [2.05, 4.69) is 16.6 Å². The number of thioether (sulfide) groups is 1. The highest BCUT2D eigenvalue weighted by Gasteiger charge is 2.17. The van der Waals surface area contributed by atoms with Crippen LogP contribution in [0, 0.1) is 0 Å². The first-order valence-electron chi connectivity index (χ1n) is 5.77. The van der Waals surface area contributed by atoms with Crippen LogP contribution < -0.4 is 10.5 Å². The van der Waals surface area contributed by atoms with E-state index in [1.807, 2.05) is 6.92 Å². The quantitative estimate of drug-likeness (QED) is 0.743. The summed E-state index contributed by atoms with van der Waals surface area (Å²) in [5.41, 5.74) is 5.42. The molecule has 0 aliphatic rings. The minimum atomic E-state index is -3.49. The normalized spacial score (nSPS) is 13.4. The smallest absolute Gasteiger partial charge is 0.242 e. The van der Waals surface area contributed by atoms with Gasteiger partial charge in [0.25, 0.3) is 0 Å². The fraction of sp³-hybridized carbons (Fsp3) is 0.545. The molecule has 7 heteroatoms. The molecule has 0 fully saturated rings. The number of sulfonamides is 1. The highest BCUT2D eigenvalue weighted by atomic mass is 32.2. The second-order valence-electron chi connectivity index (χ2n) is 3.93. The third-order valence-electron chi connectivity index (χ3n) is 2.33. The van der Waals surface area contributed by atoms with E-state index in [1.54, 1.807) is 11.8 Å². The zero-order valence-electron chi connectivity index (χ0n) is 10.6. The topological polar surface area (TPSA) is 85.1 Å². The molecule has 0 radical (unpaired) electrons. The number of nitrogens with zero attached hydrogens (tertiary/aromatic N) is 1. The maximum absolute atomic E-state index is 12.0. The third kappa shape index (κ3) is 4.83. The van der Waals surface area contributed by atoms with E-state index in [0.717, 1.165) is 17.9 Å². The Morgan fingerprint density at radius 2 is 2.22 bits per heavy atom. The van der Waals surface area contributed by atoms with Gasteiger partial charge in [-0.15, -0.1) is 0 Å². The van der Waals surface area contributed by atoms with Crippen molar-refractivity contribution in [3.8, 4) is 0 Å². The Labute approximate surface area is 113 Å². The van der Waals surface area contributed by atoms with Gasteiger partial charge in [0.05, 0.1) is 0 Å². The predicted molar refractivity (Wildman–Crippen MR) is 76.0 cm³/mol. The van der Waals surface area contributed by atoms with Gasteiger partial charge in [-0.1, -0.05) is 6.92 Å². The number of aromatic nitrogens is 1. The van der Waals surface area contributed by atoms with Crippen LogP contribution in [0.1, 0.15) is 20.3 Å². The van der Waals surface area contributed by atoms with Gasteiger partial charge >= 0.3 is 0 Å². The predicted octanol–water partition coefficient (Wildman–Crippen LogP) is 1.47. The number of rotatable bonds is 7. The van der Waals surface area contributed by atoms with Crippen molar-refractivity contribution in [2.45, 2.75) is 31.2 Å². The van der Waals surface area contributed by atoms with Gasteiger partial charge in [0.2, 0.25) is 10.0 Å². The lowest BCUT2D eigenvalue weighted by Crippen LogP contribution is -2.33. The van der Waals surface area contributed by atoms with Crippen molar-refractivity contribution in [3.05, 3.63) is 18.3 Å². The maximum Gasteiger partial charge on any atom is 0.242 e. The Balaban J connectivity index is 2.61. The van der Waals surface area contributed by atoms with Crippen LogP contribution in [0.15, 0.2) is 23.2 Å². The monoisotopic (exact) mass is 289 g/mol. The molecule has 0 bridgehead atoms. The van der Waals surface area contributed by atoms with E-state index in [9.17, 15) is 8.42 Å². The van der Waals surface area contributed by atoms with E-state index in [1.165, 1.54) is 18.3 Å². The molecule has 0 aliphatic carbocycles. The minimum Gasteiger partial charge on any atom is -0.384 e. The zero-order chi connectivity index (χ0) is 13.6. The van der Waals surface area contributed by atoms with Gasteiger partial charge in [-0.25, -0.2) is 18.1 Å². The van der Waals surface area contributed by atoms with E-state index in [0.29, 0.717) is 5.82 Å². The minimum absolute atomic E-state index is 0.0911. The summed E-state index contributed by atoms with van der Waals surface area (Å²) >= 11 is 1.80. The van der Waals surface area contributed by atoms with Gasteiger partial charge < -0.3 is 5.73 Å². The molecular formula is C11H19N3O2S2. The van der Waals surface area contributed by atoms with Crippen LogP contribution in [0.25, 0.3) is 0 Å². The Morgan fingerprint density at radius 1 is 1.50 bits per heavy atom. The summed E-state index contributed by atoms with van der Waals surface area (Å²) < 4.78 is 26.6. The van der Waals surface area contributed by atoms with Crippen molar-refractivity contribution < 1.29 is 8.42 Å². The standard InChI is InChI=1S/C11H19N3O2S2/c1-3-17-7-6-9(2)14-18(15,16)10-4-5-11(12)13-8-10/h4-5,8-9,14H,3,6-7H2,1-2H3,(H2,12,13). The van der Waals surface area contributed by atoms with Crippen LogP contribution in [-0.2, 0) is 10.0 Å². The molecule has 1 aromatic heterocycles. The molecule has 0 saturated heterocycles. The van der Waals surface area contributed by atoms with Crippen molar-refractivity contribution >= 4 is 27.6 Å². The second-order valence-corrected chi connectivity index (χ2v) is 7.03. The summed E-state index contributed by atoms with van der Waals surface area (Å²) in [7, 11) is -3.49. The maximum atomic E-state index is 12.0. The summed E-state index contributed by atoms with van der Waals surface area (Å²) in [6, 6.07) is 2.84. The number of hydrogen-bond donors (Lipinski definition) is 2. The van der Waals surface area contributed by atoms with E-state index < -0.39 is 10.0 Å². The van der Waals surface area contributed by atoms with Gasteiger partial charge in [0, 0.05) is 12.2 Å². The lowest BCUT2D eigenvalue weighted by atomic mass is 10.3. The average Bonchev–Trinajstić information content (AvgIpc) is 2.29. The molecule has 5 nitrogen and oxygen atoms in total. The highest BCUT2D eigenvalue weighted by Crippen LogP contribution is 2.11. The Bertz CT molecular complexity index is 460. The van der Waals surface area contributed by atoms with E-state index in [4.69, 9.17) is 5.73 Å². The van der Waals surface area contributed by atoms with Gasteiger partial charge in [0.15, 0.2) is 0 Å². The molecule has 0 spiro atoms. The van der Waals surface area contributed by atoms with Crippen molar-refractivity contribution in [1.29, 1.82) is 0 Å². The van der Waals surface area contributed by atoms with Crippen LogP contribution in [0.5, 0.6) is 0 Å². The first-order chi connectivity index (χ1) is 8.45. The van der Waals surface area contributed by atoms with Gasteiger partial charge in [0.1, 0.15) is 10.7 Å². The van der Waals surface area contributed by atoms with Crippen molar-refractivity contribution in [2.24, 2.45) is 0 Å². The fourth-order valence-electron chi connectivity index (χ4n) is 1.35. The van der Waals surface area contributed by atoms with Gasteiger partial charge in [-0.3, -0.25) is 0 Å². The molecule has 0 amide bonds. The van der Waals surface area contributed by atoms with Gasteiger partial charge in [-0.2, -0.15) is 11.8 Å². The molecule has 0 saturated carbocycles. The molecule has 1 heterocycles. The summed E-state index contributed by atoms with van der Waals surface area (Å²) in [4.78, 5) is 3.93. The number of pyridine rings is 1. The SMILES string of the molecule is CCSCCC(C)NS(=O)(=O)c1ccc(N)nc1. The summed E-state index contributed by atoms with van der Waals surface area (Å²) in [6.45, 7) is 3.94. The van der Waals surface area contributed by atoms with Gasteiger partial charge in [-0.05, 0) is 37.0 Å². The number of nitrogen functional groups attached to an aromatic ring is 1. The van der Waals surface area contributed by atoms with Crippen LogP contribution in [-0.4, -0.2) is 30.9 Å². The molecule has 0 aliphatic heterocycles. The van der Waals surface area contributed by atoms with Crippen molar-refractivity contribution in [3.63, 3.8) is 0 Å². The Hall–Kier alpha value is -0.790. The molecule has 1 unspecified atom stereocenters. The molecule has 0 aromatic carbocycles. The molecule has 18 heavy (non-hydrogen) atoms. The van der Waals surface area contributed by atoms with Crippen molar-refractivity contribution in [1.82, 2.24) is 9.71 Å². The Morgan fingerprint density at radius 3 is 2.78 bits per heavy atom. The number of nitrogens with two attached hydrogens (primary N) is 1. The molecular weight excluding hydrogens is 270 g/mol. The van der Waals surface area contributed by atoms with Crippen LogP contribution in [0.2, 0.25) is 0 Å². The molecule has 1 rings (SSSR count). The average molecular weight is 289 g/mol. The number of anilines is 1. The molecule has 3 N–H and O–H groups in total. The molecule has 1 atom stereocenters. The first-order valence-corrected chi connectivity index (χ1v) is 8.41. The fourth-order valence-corrected chi connectivity index (χ4v) is 3.38. The zero-order valence-corrected chi connectivity index (χ0v) is 12.2. The Kier molecular flexibility index (Phi) is 5.90. The lowest BCUT2D eigenvalue weighted by molar-refractivity contribution is 0.556. The van der Waals surface area contributed by atoms with Crippen LogP contribution in [0.4, 0.5) is 5.82 Å². The number of nitrogens with one attached hydrogen (secondary N) is 1. The first kappa shape index (κ1) is 15.3. The summed E-state index contributed by atoms with van der Waals surface area (Å²) in [5.74, 6) is 2.29. The highest BCUT2D eigenvalue weighted by molar-refractivity contribution is 7.99. The van der Waals surface area contributed by atoms with Crippen molar-refractivity contribution in [2.75, 3.05) is 17.2 Å². The summed E-state index contributed by atoms with van der Waals surface area (Å²) in [6.07, 6.45) is 2.07. The molecule has 102 valence electrons. The summed E-state index contributed by atoms with van der Waals surface area (Å²) in [5, 5.41) is 0. The number of hydrogen-bond acceptors (Lipinski definition) is 5. The van der Waals surface area contributed by atoms with Crippen LogP contribution >= 0.6 is 11.8 Å². The lowest BCUT2D eigenvalue weighted by Gasteiger charge is -2.13. The van der Waals surface area contributed by atoms with E-state index in [-0.39, 0.29) is 10.9 Å².